The lowest BCUT2D eigenvalue weighted by Crippen LogP contribution is -2.32. The third-order valence-corrected chi connectivity index (χ3v) is 4.45. The van der Waals surface area contributed by atoms with E-state index in [2.05, 4.69) is 10.3 Å². The van der Waals surface area contributed by atoms with Crippen LogP contribution in [0, 0.1) is 6.92 Å². The number of methoxy groups -OCH3 is 1. The number of hydrogen-bond acceptors (Lipinski definition) is 4. The fourth-order valence-electron chi connectivity index (χ4n) is 3.12. The molecule has 26 heavy (non-hydrogen) atoms. The molecule has 1 amide bonds. The van der Waals surface area contributed by atoms with Crippen molar-refractivity contribution in [1.82, 2.24) is 4.98 Å². The van der Waals surface area contributed by atoms with Gasteiger partial charge in [0, 0.05) is 19.8 Å². The van der Waals surface area contributed by atoms with Gasteiger partial charge in [-0.3, -0.25) is 9.59 Å². The Labute approximate surface area is 151 Å². The van der Waals surface area contributed by atoms with Crippen molar-refractivity contribution in [2.45, 2.75) is 6.92 Å². The summed E-state index contributed by atoms with van der Waals surface area (Å²) in [6.07, 6.45) is 0. The zero-order chi connectivity index (χ0) is 18.8. The molecule has 1 heterocycles. The van der Waals surface area contributed by atoms with Gasteiger partial charge in [0.25, 0.3) is 11.5 Å². The van der Waals surface area contributed by atoms with Crippen LogP contribution in [0.25, 0.3) is 10.9 Å². The van der Waals surface area contributed by atoms with Crippen LogP contribution in [-0.2, 0) is 0 Å². The van der Waals surface area contributed by atoms with Crippen molar-refractivity contribution in [3.05, 3.63) is 63.9 Å². The molecule has 0 spiro atoms. The first-order valence-electron chi connectivity index (χ1n) is 8.24. The Bertz CT molecular complexity index is 1030. The van der Waals surface area contributed by atoms with Crippen molar-refractivity contribution in [3.63, 3.8) is 0 Å². The average Bonchev–Trinajstić information content (AvgIpc) is 2.66. The summed E-state index contributed by atoms with van der Waals surface area (Å²) in [5.41, 5.74) is 2.29. The molecule has 0 saturated carbocycles. The van der Waals surface area contributed by atoms with Gasteiger partial charge in [0.1, 0.15) is 11.3 Å². The molecule has 0 aliphatic rings. The van der Waals surface area contributed by atoms with Crippen molar-refractivity contribution in [2.75, 3.05) is 31.4 Å². The van der Waals surface area contributed by atoms with E-state index in [-0.39, 0.29) is 5.56 Å². The maximum Gasteiger partial charge on any atom is 0.265 e. The third kappa shape index (κ3) is 2.79. The Morgan fingerprint density at radius 1 is 1.15 bits per heavy atom. The molecule has 1 aromatic heterocycles. The predicted octanol–water partition coefficient (Wildman–Crippen LogP) is 3.16. The number of fused-ring (bicyclic) bond motifs is 1. The Balaban J connectivity index is 2.27. The third-order valence-electron chi connectivity index (χ3n) is 4.45. The van der Waals surface area contributed by atoms with Crippen molar-refractivity contribution in [2.24, 2.45) is 0 Å². The highest BCUT2D eigenvalue weighted by atomic mass is 16.5. The number of rotatable bonds is 4. The molecule has 2 N–H and O–H groups in total. The van der Waals surface area contributed by atoms with Gasteiger partial charge in [-0.25, -0.2) is 0 Å². The number of hydrogen-bond donors (Lipinski definition) is 2. The number of H-pyrrole nitrogens is 1. The molecule has 0 unspecified atom stereocenters. The van der Waals surface area contributed by atoms with Gasteiger partial charge in [-0.1, -0.05) is 24.3 Å². The van der Waals surface area contributed by atoms with Gasteiger partial charge >= 0.3 is 0 Å². The van der Waals surface area contributed by atoms with Crippen LogP contribution in [0.2, 0.25) is 0 Å². The molecule has 0 aliphatic carbocycles. The van der Waals surface area contributed by atoms with Crippen LogP contribution in [0.4, 0.5) is 11.4 Å². The maximum absolute atomic E-state index is 13.1. The molecular weight excluding hydrogens is 330 g/mol. The summed E-state index contributed by atoms with van der Waals surface area (Å²) in [5.74, 6) is 0.228. The van der Waals surface area contributed by atoms with E-state index < -0.39 is 11.5 Å². The molecule has 6 heteroatoms. The molecule has 6 nitrogen and oxygen atoms in total. The van der Waals surface area contributed by atoms with Crippen molar-refractivity contribution in [3.8, 4) is 5.75 Å². The van der Waals surface area contributed by atoms with Crippen LogP contribution < -0.4 is 20.5 Å². The summed E-state index contributed by atoms with van der Waals surface area (Å²) in [6.45, 7) is 1.92. The molecule has 0 radical (unpaired) electrons. The summed E-state index contributed by atoms with van der Waals surface area (Å²) in [6, 6.07) is 12.9. The lowest BCUT2D eigenvalue weighted by Gasteiger charge is -2.20. The number of nitrogens with zero attached hydrogens (tertiary/aromatic N) is 1. The molecule has 2 aromatic carbocycles. The number of carbonyl (C=O) groups excluding carboxylic acids is 1. The number of aryl methyl sites for hydroxylation is 1. The first-order chi connectivity index (χ1) is 12.5. The molecule has 0 bridgehead atoms. The Kier molecular flexibility index (Phi) is 4.67. The molecule has 3 rings (SSSR count). The van der Waals surface area contributed by atoms with Gasteiger partial charge in [0.05, 0.1) is 23.7 Å². The van der Waals surface area contributed by atoms with E-state index in [0.717, 1.165) is 5.56 Å². The van der Waals surface area contributed by atoms with Crippen molar-refractivity contribution < 1.29 is 9.53 Å². The monoisotopic (exact) mass is 351 g/mol. The highest BCUT2D eigenvalue weighted by molar-refractivity contribution is 6.14. The molecule has 3 aromatic rings. The fraction of sp³-hybridized carbons (Fsp3) is 0.200. The largest absolute Gasteiger partial charge is 0.496 e. The zero-order valence-corrected chi connectivity index (χ0v) is 15.2. The van der Waals surface area contributed by atoms with E-state index in [0.29, 0.717) is 28.0 Å². The van der Waals surface area contributed by atoms with Crippen LogP contribution >= 0.6 is 0 Å². The van der Waals surface area contributed by atoms with Gasteiger partial charge in [0.2, 0.25) is 0 Å². The standard InChI is InChI=1S/C20H21N3O3/c1-12-10-11-14-15(18(12)26-4)17(21-2)16(19(24)22-14)20(25)23(3)13-8-6-5-7-9-13/h5-11H,1-4H3,(H2,21,22,24). The van der Waals surface area contributed by atoms with Crippen LogP contribution in [-0.4, -0.2) is 32.1 Å². The number of nitrogens with one attached hydrogen (secondary N) is 2. The molecule has 0 fully saturated rings. The number of carbonyl (C=O) groups is 1. The normalized spacial score (nSPS) is 10.6. The lowest BCUT2D eigenvalue weighted by molar-refractivity contribution is 0.0992. The minimum atomic E-state index is -0.444. The lowest BCUT2D eigenvalue weighted by atomic mass is 10.0. The van der Waals surface area contributed by atoms with Crippen molar-refractivity contribution >= 4 is 28.2 Å². The Hall–Kier alpha value is -3.28. The topological polar surface area (TPSA) is 74.4 Å². The van der Waals surface area contributed by atoms with E-state index >= 15 is 0 Å². The van der Waals surface area contributed by atoms with Crippen LogP contribution in [0.5, 0.6) is 5.75 Å². The van der Waals surface area contributed by atoms with E-state index in [1.54, 1.807) is 21.2 Å². The number of pyridine rings is 1. The molecule has 0 aliphatic heterocycles. The quantitative estimate of drug-likeness (QED) is 0.757. The van der Waals surface area contributed by atoms with E-state index in [9.17, 15) is 9.59 Å². The fourth-order valence-corrected chi connectivity index (χ4v) is 3.12. The van der Waals surface area contributed by atoms with E-state index in [1.807, 2.05) is 49.4 Å². The average molecular weight is 351 g/mol. The number of ether oxygens (including phenoxy) is 1. The maximum atomic E-state index is 13.1. The van der Waals surface area contributed by atoms with Gasteiger partial charge < -0.3 is 19.9 Å². The highest BCUT2D eigenvalue weighted by Gasteiger charge is 2.24. The van der Waals surface area contributed by atoms with E-state index in [4.69, 9.17) is 4.74 Å². The molecule has 0 atom stereocenters. The zero-order valence-electron chi connectivity index (χ0n) is 15.2. The summed E-state index contributed by atoms with van der Waals surface area (Å²) in [4.78, 5) is 30.0. The highest BCUT2D eigenvalue weighted by Crippen LogP contribution is 2.35. The first-order valence-corrected chi connectivity index (χ1v) is 8.24. The first kappa shape index (κ1) is 17.5. The Morgan fingerprint density at radius 3 is 2.46 bits per heavy atom. The predicted molar refractivity (Wildman–Crippen MR) is 105 cm³/mol. The number of anilines is 2. The van der Waals surface area contributed by atoms with Crippen LogP contribution in [0.3, 0.4) is 0 Å². The molecule has 0 saturated heterocycles. The molecule has 134 valence electrons. The summed E-state index contributed by atoms with van der Waals surface area (Å²) in [7, 11) is 4.91. The summed E-state index contributed by atoms with van der Waals surface area (Å²) < 4.78 is 5.53. The minimum Gasteiger partial charge on any atom is -0.496 e. The number of para-hydroxylation sites is 1. The van der Waals surface area contributed by atoms with Gasteiger partial charge in [-0.2, -0.15) is 0 Å². The van der Waals surface area contributed by atoms with E-state index in [1.165, 1.54) is 4.90 Å². The minimum absolute atomic E-state index is 0.0512. The smallest absolute Gasteiger partial charge is 0.265 e. The van der Waals surface area contributed by atoms with Crippen LogP contribution in [0.1, 0.15) is 15.9 Å². The van der Waals surface area contributed by atoms with Gasteiger partial charge in [-0.15, -0.1) is 0 Å². The number of aromatic nitrogens is 1. The number of aromatic amines is 1. The number of amides is 1. The van der Waals surface area contributed by atoms with Crippen molar-refractivity contribution in [1.29, 1.82) is 0 Å². The summed E-state index contributed by atoms with van der Waals surface area (Å²) >= 11 is 0. The second-order valence-corrected chi connectivity index (χ2v) is 5.99. The van der Waals surface area contributed by atoms with Gasteiger partial charge in [0.15, 0.2) is 0 Å². The second kappa shape index (κ2) is 6.92. The molecular formula is C20H21N3O3. The second-order valence-electron chi connectivity index (χ2n) is 5.99. The van der Waals surface area contributed by atoms with Gasteiger partial charge in [-0.05, 0) is 30.7 Å². The Morgan fingerprint density at radius 2 is 1.85 bits per heavy atom. The SMILES string of the molecule is CNc1c(C(=O)N(C)c2ccccc2)c(=O)[nH]c2ccc(C)c(OC)c12. The summed E-state index contributed by atoms with van der Waals surface area (Å²) in [5, 5.41) is 3.70. The number of benzene rings is 2. The van der Waals surface area contributed by atoms with Crippen LogP contribution in [0.15, 0.2) is 47.3 Å².